The number of carbonyl (C=O) groups is 1. The number of amides is 1. The molecule has 2 N–H and O–H groups in total. The zero-order chi connectivity index (χ0) is 13.0. The number of nitrogens with zero attached hydrogens (tertiary/aromatic N) is 2. The molecule has 0 atom stereocenters. The molecule has 1 saturated heterocycles. The molecule has 18 heavy (non-hydrogen) atoms. The maximum Gasteiger partial charge on any atom is 0.239 e. The minimum atomic E-state index is 0.0876. The largest absolute Gasteiger partial charge is 0.354 e. The predicted octanol–water partition coefficient (Wildman–Crippen LogP) is 0.967. The first kappa shape index (κ1) is 13.3. The maximum atomic E-state index is 11.5. The number of aromatic nitrogens is 1. The van der Waals surface area contributed by atoms with E-state index < -0.39 is 0 Å². The van der Waals surface area contributed by atoms with Crippen LogP contribution in [0.15, 0.2) is 6.20 Å². The summed E-state index contributed by atoms with van der Waals surface area (Å²) in [6, 6.07) is 0.472. The van der Waals surface area contributed by atoms with Gasteiger partial charge < -0.3 is 15.5 Å². The Bertz CT molecular complexity index is 405. The highest BCUT2D eigenvalue weighted by Crippen LogP contribution is 2.23. The van der Waals surface area contributed by atoms with Crippen molar-refractivity contribution in [3.8, 4) is 0 Å². The molecule has 1 aliphatic rings. The summed E-state index contributed by atoms with van der Waals surface area (Å²) in [5.41, 5.74) is 0. The van der Waals surface area contributed by atoms with Crippen LogP contribution in [0.5, 0.6) is 0 Å². The first-order valence-electron chi connectivity index (χ1n) is 6.35. The molecular weight excluding hydrogens is 248 g/mol. The highest BCUT2D eigenvalue weighted by atomic mass is 32.1. The molecule has 2 rings (SSSR count). The third-order valence-electron chi connectivity index (χ3n) is 2.76. The molecule has 6 heteroatoms. The number of hydrogen-bond acceptors (Lipinski definition) is 5. The molecule has 1 amide bonds. The fourth-order valence-electron chi connectivity index (χ4n) is 1.80. The topological polar surface area (TPSA) is 57.3 Å². The van der Waals surface area contributed by atoms with Gasteiger partial charge in [0.25, 0.3) is 0 Å². The van der Waals surface area contributed by atoms with Gasteiger partial charge in [0.15, 0.2) is 5.13 Å². The number of hydrogen-bond donors (Lipinski definition) is 2. The Labute approximate surface area is 112 Å². The van der Waals surface area contributed by atoms with Gasteiger partial charge in [0, 0.05) is 36.8 Å². The molecule has 1 aromatic rings. The molecule has 2 heterocycles. The van der Waals surface area contributed by atoms with E-state index in [0.717, 1.165) is 31.2 Å². The Balaban J connectivity index is 1.97. The molecule has 0 unspecified atom stereocenters. The Morgan fingerprint density at radius 1 is 1.61 bits per heavy atom. The minimum Gasteiger partial charge on any atom is -0.354 e. The number of rotatable bonds is 4. The van der Waals surface area contributed by atoms with E-state index in [1.165, 1.54) is 4.88 Å². The van der Waals surface area contributed by atoms with Gasteiger partial charge in [0.05, 0.1) is 6.54 Å². The summed E-state index contributed by atoms with van der Waals surface area (Å²) < 4.78 is 0. The molecule has 0 aliphatic carbocycles. The summed E-state index contributed by atoms with van der Waals surface area (Å²) in [4.78, 5) is 19.2. The van der Waals surface area contributed by atoms with Crippen molar-refractivity contribution < 1.29 is 4.79 Å². The van der Waals surface area contributed by atoms with Crippen LogP contribution in [-0.4, -0.2) is 36.6 Å². The number of anilines is 1. The lowest BCUT2D eigenvalue weighted by atomic mass is 10.4. The molecule has 1 aliphatic heterocycles. The van der Waals surface area contributed by atoms with Crippen molar-refractivity contribution in [1.82, 2.24) is 15.6 Å². The Morgan fingerprint density at radius 2 is 2.44 bits per heavy atom. The SMILES string of the molecule is CC(C)NCc1cnc(N2CCCNC(=O)C2)s1. The van der Waals surface area contributed by atoms with E-state index in [1.807, 2.05) is 6.20 Å². The highest BCUT2D eigenvalue weighted by Gasteiger charge is 2.17. The summed E-state index contributed by atoms with van der Waals surface area (Å²) >= 11 is 1.66. The average molecular weight is 268 g/mol. The number of carbonyl (C=O) groups excluding carboxylic acids is 1. The van der Waals surface area contributed by atoms with Gasteiger partial charge in [-0.1, -0.05) is 13.8 Å². The zero-order valence-electron chi connectivity index (χ0n) is 10.9. The van der Waals surface area contributed by atoms with E-state index in [-0.39, 0.29) is 5.91 Å². The molecular formula is C12H20N4OS. The second kappa shape index (κ2) is 6.15. The van der Waals surface area contributed by atoms with Crippen molar-refractivity contribution in [1.29, 1.82) is 0 Å². The molecule has 1 aromatic heterocycles. The quantitative estimate of drug-likeness (QED) is 0.854. The summed E-state index contributed by atoms with van der Waals surface area (Å²) in [5, 5.41) is 7.20. The van der Waals surface area contributed by atoms with Gasteiger partial charge in [-0.15, -0.1) is 11.3 Å². The van der Waals surface area contributed by atoms with Gasteiger partial charge in [-0.05, 0) is 6.42 Å². The molecule has 0 aromatic carbocycles. The van der Waals surface area contributed by atoms with E-state index in [0.29, 0.717) is 12.6 Å². The van der Waals surface area contributed by atoms with Gasteiger partial charge in [0.1, 0.15) is 0 Å². The molecule has 100 valence electrons. The first-order valence-corrected chi connectivity index (χ1v) is 7.16. The van der Waals surface area contributed by atoms with Crippen LogP contribution in [0.25, 0.3) is 0 Å². The molecule has 0 bridgehead atoms. The van der Waals surface area contributed by atoms with Crippen LogP contribution in [0.2, 0.25) is 0 Å². The summed E-state index contributed by atoms with van der Waals surface area (Å²) in [6.07, 6.45) is 2.88. The Hall–Kier alpha value is -1.14. The molecule has 0 saturated carbocycles. The van der Waals surface area contributed by atoms with Crippen LogP contribution in [0.3, 0.4) is 0 Å². The molecule has 1 fully saturated rings. The second-order valence-corrected chi connectivity index (χ2v) is 5.86. The average Bonchev–Trinajstić information content (AvgIpc) is 2.69. The van der Waals surface area contributed by atoms with E-state index in [4.69, 9.17) is 0 Å². The van der Waals surface area contributed by atoms with Gasteiger partial charge in [0.2, 0.25) is 5.91 Å². The zero-order valence-corrected chi connectivity index (χ0v) is 11.7. The van der Waals surface area contributed by atoms with Crippen molar-refractivity contribution in [3.05, 3.63) is 11.1 Å². The lowest BCUT2D eigenvalue weighted by Gasteiger charge is -2.17. The van der Waals surface area contributed by atoms with Crippen LogP contribution < -0.4 is 15.5 Å². The third kappa shape index (κ3) is 3.68. The highest BCUT2D eigenvalue weighted by molar-refractivity contribution is 7.15. The Morgan fingerprint density at radius 3 is 3.22 bits per heavy atom. The van der Waals surface area contributed by atoms with E-state index in [2.05, 4.69) is 34.4 Å². The monoisotopic (exact) mass is 268 g/mol. The maximum absolute atomic E-state index is 11.5. The van der Waals surface area contributed by atoms with E-state index >= 15 is 0 Å². The van der Waals surface area contributed by atoms with Crippen LogP contribution in [-0.2, 0) is 11.3 Å². The fourth-order valence-corrected chi connectivity index (χ4v) is 2.68. The van der Waals surface area contributed by atoms with Crippen molar-refractivity contribution >= 4 is 22.4 Å². The molecule has 5 nitrogen and oxygen atoms in total. The lowest BCUT2D eigenvalue weighted by molar-refractivity contribution is -0.119. The van der Waals surface area contributed by atoms with Crippen molar-refractivity contribution in [2.75, 3.05) is 24.5 Å². The number of thiazole rings is 1. The predicted molar refractivity (Wildman–Crippen MR) is 73.9 cm³/mol. The smallest absolute Gasteiger partial charge is 0.239 e. The lowest BCUT2D eigenvalue weighted by Crippen LogP contribution is -2.32. The van der Waals surface area contributed by atoms with Gasteiger partial charge in [-0.25, -0.2) is 4.98 Å². The summed E-state index contributed by atoms with van der Waals surface area (Å²) in [5.74, 6) is 0.0876. The second-order valence-electron chi connectivity index (χ2n) is 4.77. The van der Waals surface area contributed by atoms with Crippen LogP contribution in [0, 0.1) is 0 Å². The van der Waals surface area contributed by atoms with Gasteiger partial charge >= 0.3 is 0 Å². The summed E-state index contributed by atoms with van der Waals surface area (Å²) in [7, 11) is 0. The van der Waals surface area contributed by atoms with Crippen molar-refractivity contribution in [2.45, 2.75) is 32.9 Å². The minimum absolute atomic E-state index is 0.0876. The van der Waals surface area contributed by atoms with Crippen LogP contribution >= 0.6 is 11.3 Å². The van der Waals surface area contributed by atoms with Crippen LogP contribution in [0.1, 0.15) is 25.1 Å². The number of nitrogens with one attached hydrogen (secondary N) is 2. The third-order valence-corrected chi connectivity index (χ3v) is 3.82. The van der Waals surface area contributed by atoms with E-state index in [1.54, 1.807) is 11.3 Å². The normalized spacial score (nSPS) is 16.8. The van der Waals surface area contributed by atoms with Crippen LogP contribution in [0.4, 0.5) is 5.13 Å². The molecule has 0 radical (unpaired) electrons. The first-order chi connectivity index (χ1) is 8.65. The van der Waals surface area contributed by atoms with Gasteiger partial charge in [-0.3, -0.25) is 4.79 Å². The van der Waals surface area contributed by atoms with Crippen molar-refractivity contribution in [2.24, 2.45) is 0 Å². The fraction of sp³-hybridized carbons (Fsp3) is 0.667. The standard InChI is InChI=1S/C12H20N4OS/c1-9(2)14-6-10-7-15-12(18-10)16-5-3-4-13-11(17)8-16/h7,9,14H,3-6,8H2,1-2H3,(H,13,17). The van der Waals surface area contributed by atoms with E-state index in [9.17, 15) is 4.79 Å². The molecule has 0 spiro atoms. The summed E-state index contributed by atoms with van der Waals surface area (Å²) in [6.45, 7) is 7.17. The van der Waals surface area contributed by atoms with Gasteiger partial charge in [-0.2, -0.15) is 0 Å². The van der Waals surface area contributed by atoms with Crippen molar-refractivity contribution in [3.63, 3.8) is 0 Å². The Kier molecular flexibility index (Phi) is 4.54.